The molecule has 0 spiro atoms. The molecule has 0 aromatic rings. The molecule has 6 heteroatoms. The molecule has 1 heterocycles. The highest BCUT2D eigenvalue weighted by Crippen LogP contribution is 2.18. The maximum atomic E-state index is 7.91. The Morgan fingerprint density at radius 1 is 1.25 bits per heavy atom. The molecule has 0 saturated carbocycles. The van der Waals surface area contributed by atoms with E-state index in [-0.39, 0.29) is 0 Å². The Morgan fingerprint density at radius 2 is 2.08 bits per heavy atom. The van der Waals surface area contributed by atoms with E-state index < -0.39 is 37.1 Å². The maximum Gasteiger partial charge on any atom is 0.213 e. The predicted molar refractivity (Wildman–Crippen MR) is 36.0 cm³/mol. The third-order valence-corrected chi connectivity index (χ3v) is 1.09. The Morgan fingerprint density at radius 3 is 2.67 bits per heavy atom. The van der Waals surface area contributed by atoms with Crippen LogP contribution in [0.15, 0.2) is 0 Å². The lowest BCUT2D eigenvalue weighted by Crippen LogP contribution is -2.58. The van der Waals surface area contributed by atoms with E-state index in [9.17, 15) is 0 Å². The molecule has 0 aromatic carbocycles. The van der Waals surface area contributed by atoms with Gasteiger partial charge in [0, 0.05) is 0 Å². The van der Waals surface area contributed by atoms with E-state index in [0.29, 0.717) is 0 Å². The van der Waals surface area contributed by atoms with E-state index in [1.807, 2.05) is 0 Å². The average Bonchev–Trinajstić information content (AvgIpc) is 2.57. The predicted octanol–water partition coefficient (Wildman–Crippen LogP) is -3.22. The van der Waals surface area contributed by atoms with Gasteiger partial charge in [0.2, 0.25) is 7.16 Å². The van der Waals surface area contributed by atoms with Gasteiger partial charge in [-0.05, 0) is 0 Å². The van der Waals surface area contributed by atoms with Gasteiger partial charge in [-0.25, -0.2) is 0 Å². The van der Waals surface area contributed by atoms with Gasteiger partial charge in [0.05, 0.1) is 16.2 Å². The second kappa shape index (κ2) is 3.65. The highest BCUT2D eigenvalue weighted by Gasteiger charge is 2.42. The SMILES string of the molecule is [2H]OC1([2H])O[C@]([2H])(C([2H])([2H])O[2H])[C@@]([2H])(O[2H])[C@]([2H])(O[2H])[C@@]1([2H])O[2H]. The van der Waals surface area contributed by atoms with Gasteiger partial charge < -0.3 is 30.3 Å². The Balaban J connectivity index is 3.88. The van der Waals surface area contributed by atoms with Gasteiger partial charge in [0.1, 0.15) is 24.3 Å². The Hall–Kier alpha value is -0.240. The minimum Gasteiger partial charge on any atom is -0.394 e. The second-order valence-electron chi connectivity index (χ2n) is 1.81. The minimum absolute atomic E-state index is 3.59. The lowest BCUT2D eigenvalue weighted by Gasteiger charge is -2.37. The zero-order valence-corrected chi connectivity index (χ0v) is 5.45. The van der Waals surface area contributed by atoms with E-state index in [1.165, 1.54) is 0 Å². The van der Waals surface area contributed by atoms with Gasteiger partial charge in [0.15, 0.2) is 6.27 Å². The first-order chi connectivity index (χ1) is 10.8. The number of aliphatic hydroxyl groups is 5. The topological polar surface area (TPSA) is 110 Å². The van der Waals surface area contributed by atoms with Crippen molar-refractivity contribution < 1.29 is 39.9 Å². The van der Waals surface area contributed by atoms with Gasteiger partial charge in [-0.1, -0.05) is 0 Å². The van der Waals surface area contributed by atoms with Crippen molar-refractivity contribution >= 4 is 0 Å². The molecule has 72 valence electrons. The molecule has 0 aliphatic carbocycles. The van der Waals surface area contributed by atoms with Crippen molar-refractivity contribution in [2.75, 3.05) is 6.56 Å². The maximum absolute atomic E-state index is 7.91. The van der Waals surface area contributed by atoms with Crippen LogP contribution in [0.5, 0.6) is 0 Å². The summed E-state index contributed by atoms with van der Waals surface area (Å²) in [6.07, 6.45) is -19.1. The van der Waals surface area contributed by atoms with Crippen molar-refractivity contribution in [3.8, 4) is 0 Å². The summed E-state index contributed by atoms with van der Waals surface area (Å²) in [6.45, 7) is -3.73. The largest absolute Gasteiger partial charge is 0.394 e. The zero-order valence-electron chi connectivity index (χ0n) is 17.4. The fraction of sp³-hybridized carbons (Fsp3) is 1.00. The minimum atomic E-state index is -3.86. The third kappa shape index (κ3) is 1.58. The van der Waals surface area contributed by atoms with Crippen LogP contribution in [0.3, 0.4) is 0 Å². The van der Waals surface area contributed by atoms with E-state index in [1.54, 1.807) is 0 Å². The molecule has 12 heavy (non-hydrogen) atoms. The normalized spacial score (nSPS) is 95.0. The van der Waals surface area contributed by atoms with Crippen molar-refractivity contribution in [2.45, 2.75) is 30.6 Å². The van der Waals surface area contributed by atoms with Crippen molar-refractivity contribution in [1.29, 1.82) is 7.16 Å². The first-order valence-corrected chi connectivity index (χ1v) is 2.68. The quantitative estimate of drug-likeness (QED) is 0.303. The monoisotopic (exact) mass is 192 g/mol. The van der Waals surface area contributed by atoms with Crippen LogP contribution in [0.4, 0.5) is 0 Å². The molecule has 1 saturated heterocycles. The molecule has 0 aromatic heterocycles. The van der Waals surface area contributed by atoms with E-state index in [4.69, 9.17) is 16.8 Å². The summed E-state index contributed by atoms with van der Waals surface area (Å²) in [6, 6.07) is 0. The van der Waals surface area contributed by atoms with Crippen LogP contribution in [0.2, 0.25) is 0 Å². The van der Waals surface area contributed by atoms with Crippen LogP contribution in [-0.4, -0.2) is 69.8 Å². The lowest BCUT2D eigenvalue weighted by molar-refractivity contribution is -0.286. The second-order valence-corrected chi connectivity index (χ2v) is 1.81. The molecule has 0 radical (unpaired) electrons. The Labute approximate surface area is 85.9 Å². The van der Waals surface area contributed by atoms with Crippen molar-refractivity contribution in [1.82, 2.24) is 0 Å². The highest BCUT2D eigenvalue weighted by atomic mass is 16.6. The van der Waals surface area contributed by atoms with Gasteiger partial charge >= 0.3 is 0 Å². The molecule has 1 aliphatic rings. The van der Waals surface area contributed by atoms with E-state index in [2.05, 4.69) is 30.3 Å². The van der Waals surface area contributed by atoms with Crippen molar-refractivity contribution in [2.24, 2.45) is 0 Å². The zero-order chi connectivity index (χ0) is 19.2. The third-order valence-electron chi connectivity index (χ3n) is 1.09. The molecule has 0 bridgehead atoms. The summed E-state index contributed by atoms with van der Waals surface area (Å²) >= 11 is 0. The van der Waals surface area contributed by atoms with Gasteiger partial charge in [0.25, 0.3) is 0 Å². The Bertz CT molecular complexity index is 468. The first kappa shape index (κ1) is 2.41. The Kier molecular flexibility index (Phi) is 0.733. The van der Waals surface area contributed by atoms with Gasteiger partial charge in [-0.3, -0.25) is 0 Å². The van der Waals surface area contributed by atoms with Crippen molar-refractivity contribution in [3.63, 3.8) is 0 Å². The molecule has 1 unspecified atom stereocenters. The number of hydrogen-bond donors (Lipinski definition) is 5. The molecule has 1 rings (SSSR count). The van der Waals surface area contributed by atoms with Crippen LogP contribution < -0.4 is 0 Å². The van der Waals surface area contributed by atoms with Crippen LogP contribution in [0.1, 0.15) is 9.60 Å². The molecule has 5 N–H and O–H groups in total. The number of ether oxygens (including phenoxy) is 1. The molecular formula is C6H12O6. The molecule has 1 fully saturated rings. The van der Waals surface area contributed by atoms with E-state index in [0.717, 1.165) is 0 Å². The molecule has 1 aliphatic heterocycles. The van der Waals surface area contributed by atoms with Crippen LogP contribution >= 0.6 is 0 Å². The molecule has 5 atom stereocenters. The number of hydrogen-bond acceptors (Lipinski definition) is 6. The number of rotatable bonds is 6. The summed E-state index contributed by atoms with van der Waals surface area (Å²) in [5.41, 5.74) is 0. The standard InChI is InChI=1S/C6H12O6/c7-1-2-3(8)4(9)5(10)6(11)12-2/h2-11H,1H2/t2-,3-,4+,5-,6?/m1/s1/i1D2,2D,3D,4D,5D,6D,7D,8D,9D,10D,11D. The first-order valence-electron chi connectivity index (χ1n) is 8.22. The summed E-state index contributed by atoms with van der Waals surface area (Å²) in [4.78, 5) is 0. The van der Waals surface area contributed by atoms with Gasteiger partial charge in [-0.2, -0.15) is 0 Å². The molecular weight excluding hydrogens is 168 g/mol. The van der Waals surface area contributed by atoms with Crippen LogP contribution in [-0.2, 0) is 4.74 Å². The molecule has 0 amide bonds. The average molecular weight is 192 g/mol. The molecule has 6 nitrogen and oxygen atoms in total. The summed E-state index contributed by atoms with van der Waals surface area (Å²) in [5.74, 6) is 0. The lowest BCUT2D eigenvalue weighted by atomic mass is 10.00. The van der Waals surface area contributed by atoms with Crippen LogP contribution in [0, 0.1) is 0 Å². The fourth-order valence-corrected chi connectivity index (χ4v) is 0.552. The fourth-order valence-electron chi connectivity index (χ4n) is 0.552. The van der Waals surface area contributed by atoms with Gasteiger partial charge in [-0.15, -0.1) is 0 Å². The smallest absolute Gasteiger partial charge is 0.213 e. The summed E-state index contributed by atoms with van der Waals surface area (Å²) in [5, 5.41) is 18.7. The van der Waals surface area contributed by atoms with E-state index >= 15 is 0 Å². The van der Waals surface area contributed by atoms with Crippen LogP contribution in [0.25, 0.3) is 0 Å². The summed E-state index contributed by atoms with van der Waals surface area (Å²) < 4.78 is 92.6. The summed E-state index contributed by atoms with van der Waals surface area (Å²) in [7, 11) is 0. The van der Waals surface area contributed by atoms with Crippen molar-refractivity contribution in [3.05, 3.63) is 0 Å². The highest BCUT2D eigenvalue weighted by molar-refractivity contribution is 4.87.